The lowest BCUT2D eigenvalue weighted by molar-refractivity contribution is -0.134. The summed E-state index contributed by atoms with van der Waals surface area (Å²) in [6, 6.07) is 1.45. The molecule has 0 aromatic carbocycles. The standard InChI is InChI=1S/C15H17F3N4O/c1-9-7-20-12(10(2)13(9)23)8-21-14-19-6-4-11(22-14)3-5-15(16,17)18/h4,6-7H,3,5,8H2,1-2H3,(H,20,23)(H,19,21,22). The number of aryl methyl sites for hydroxylation is 2. The quantitative estimate of drug-likeness (QED) is 0.886. The van der Waals surface area contributed by atoms with Crippen LogP contribution >= 0.6 is 0 Å². The zero-order valence-corrected chi connectivity index (χ0v) is 12.8. The number of alkyl halides is 3. The summed E-state index contributed by atoms with van der Waals surface area (Å²) in [6.45, 7) is 3.71. The van der Waals surface area contributed by atoms with Crippen LogP contribution in [0, 0.1) is 13.8 Å². The van der Waals surface area contributed by atoms with Gasteiger partial charge < -0.3 is 10.3 Å². The average molecular weight is 326 g/mol. The number of H-pyrrole nitrogens is 1. The molecule has 8 heteroatoms. The summed E-state index contributed by atoms with van der Waals surface area (Å²) in [5.41, 5.74) is 2.17. The van der Waals surface area contributed by atoms with Crippen molar-refractivity contribution >= 4 is 5.95 Å². The number of hydrogen-bond donors (Lipinski definition) is 2. The Hall–Kier alpha value is -2.38. The van der Waals surface area contributed by atoms with Crippen molar-refractivity contribution in [3.63, 3.8) is 0 Å². The summed E-state index contributed by atoms with van der Waals surface area (Å²) in [5, 5.41) is 2.91. The molecule has 2 aromatic heterocycles. The predicted molar refractivity (Wildman–Crippen MR) is 80.3 cm³/mol. The van der Waals surface area contributed by atoms with E-state index >= 15 is 0 Å². The topological polar surface area (TPSA) is 70.7 Å². The van der Waals surface area contributed by atoms with Crippen LogP contribution in [0.2, 0.25) is 0 Å². The molecular weight excluding hydrogens is 309 g/mol. The van der Waals surface area contributed by atoms with Gasteiger partial charge in [0.2, 0.25) is 5.95 Å². The molecular formula is C15H17F3N4O. The second-order valence-electron chi connectivity index (χ2n) is 5.24. The van der Waals surface area contributed by atoms with Gasteiger partial charge in [0, 0.05) is 41.3 Å². The van der Waals surface area contributed by atoms with Crippen molar-refractivity contribution in [3.05, 3.63) is 51.2 Å². The van der Waals surface area contributed by atoms with E-state index in [0.717, 1.165) is 0 Å². The summed E-state index contributed by atoms with van der Waals surface area (Å²) < 4.78 is 36.7. The first-order valence-electron chi connectivity index (χ1n) is 7.06. The van der Waals surface area contributed by atoms with Gasteiger partial charge in [0.15, 0.2) is 5.43 Å². The van der Waals surface area contributed by atoms with E-state index in [1.807, 2.05) is 0 Å². The largest absolute Gasteiger partial charge is 0.389 e. The van der Waals surface area contributed by atoms with Crippen LogP contribution in [0.5, 0.6) is 0 Å². The van der Waals surface area contributed by atoms with E-state index in [2.05, 4.69) is 20.3 Å². The monoisotopic (exact) mass is 326 g/mol. The SMILES string of the molecule is Cc1c[nH]c(CNc2nccc(CCC(F)(F)F)n2)c(C)c1=O. The molecule has 0 radical (unpaired) electrons. The highest BCUT2D eigenvalue weighted by Gasteiger charge is 2.26. The number of pyridine rings is 1. The smallest absolute Gasteiger partial charge is 0.363 e. The van der Waals surface area contributed by atoms with E-state index in [-0.39, 0.29) is 24.3 Å². The van der Waals surface area contributed by atoms with E-state index in [4.69, 9.17) is 0 Å². The zero-order chi connectivity index (χ0) is 17.0. The number of aromatic nitrogens is 3. The first-order chi connectivity index (χ1) is 10.8. The maximum absolute atomic E-state index is 12.2. The van der Waals surface area contributed by atoms with Crippen molar-refractivity contribution in [3.8, 4) is 0 Å². The molecule has 0 saturated heterocycles. The molecule has 0 aliphatic heterocycles. The highest BCUT2D eigenvalue weighted by Crippen LogP contribution is 2.21. The third-order valence-electron chi connectivity index (χ3n) is 3.42. The lowest BCUT2D eigenvalue weighted by Gasteiger charge is -2.10. The Labute approximate surface area is 131 Å². The van der Waals surface area contributed by atoms with Gasteiger partial charge in [-0.05, 0) is 26.3 Å². The van der Waals surface area contributed by atoms with Crippen molar-refractivity contribution in [1.82, 2.24) is 15.0 Å². The molecule has 0 atom stereocenters. The number of aromatic amines is 1. The van der Waals surface area contributed by atoms with Crippen LogP contribution in [-0.4, -0.2) is 21.1 Å². The third kappa shape index (κ3) is 4.80. The summed E-state index contributed by atoms with van der Waals surface area (Å²) in [5.74, 6) is 0.227. The molecule has 0 aliphatic rings. The first kappa shape index (κ1) is 17.0. The Morgan fingerprint density at radius 3 is 2.74 bits per heavy atom. The molecule has 0 saturated carbocycles. The van der Waals surface area contributed by atoms with Gasteiger partial charge in [0.1, 0.15) is 0 Å². The maximum atomic E-state index is 12.2. The second kappa shape index (κ2) is 6.80. The second-order valence-corrected chi connectivity index (χ2v) is 5.24. The molecule has 5 nitrogen and oxygen atoms in total. The minimum atomic E-state index is -4.21. The number of halogens is 3. The lowest BCUT2D eigenvalue weighted by Crippen LogP contribution is -2.16. The van der Waals surface area contributed by atoms with Crippen LogP contribution in [0.4, 0.5) is 19.1 Å². The minimum absolute atomic E-state index is 0.0413. The van der Waals surface area contributed by atoms with Crippen LogP contribution in [-0.2, 0) is 13.0 Å². The highest BCUT2D eigenvalue weighted by atomic mass is 19.4. The number of rotatable bonds is 5. The molecule has 0 bridgehead atoms. The van der Waals surface area contributed by atoms with E-state index in [1.165, 1.54) is 12.3 Å². The average Bonchev–Trinajstić information content (AvgIpc) is 2.50. The fourth-order valence-electron chi connectivity index (χ4n) is 2.04. The van der Waals surface area contributed by atoms with Crippen molar-refractivity contribution < 1.29 is 13.2 Å². The summed E-state index contributed by atoms with van der Waals surface area (Å²) in [6.07, 6.45) is -2.30. The van der Waals surface area contributed by atoms with Crippen molar-refractivity contribution in [2.45, 2.75) is 39.4 Å². The fraction of sp³-hybridized carbons (Fsp3) is 0.400. The summed E-state index contributed by atoms with van der Waals surface area (Å²) in [7, 11) is 0. The Morgan fingerprint density at radius 1 is 1.30 bits per heavy atom. The van der Waals surface area contributed by atoms with Crippen LogP contribution in [0.25, 0.3) is 0 Å². The fourth-order valence-corrected chi connectivity index (χ4v) is 2.04. The van der Waals surface area contributed by atoms with Crippen LogP contribution in [0.1, 0.15) is 28.9 Å². The normalized spacial score (nSPS) is 11.5. The number of hydrogen-bond acceptors (Lipinski definition) is 4. The molecule has 0 aliphatic carbocycles. The van der Waals surface area contributed by atoms with Crippen molar-refractivity contribution in [1.29, 1.82) is 0 Å². The van der Waals surface area contributed by atoms with Gasteiger partial charge in [-0.25, -0.2) is 9.97 Å². The molecule has 2 rings (SSSR count). The van der Waals surface area contributed by atoms with Gasteiger partial charge in [-0.2, -0.15) is 13.2 Å². The summed E-state index contributed by atoms with van der Waals surface area (Å²) in [4.78, 5) is 22.9. The Morgan fingerprint density at radius 2 is 2.04 bits per heavy atom. The van der Waals surface area contributed by atoms with Crippen molar-refractivity contribution in [2.75, 3.05) is 5.32 Å². The Bertz CT molecular complexity index is 740. The number of nitrogens with one attached hydrogen (secondary N) is 2. The van der Waals surface area contributed by atoms with Gasteiger partial charge in [-0.15, -0.1) is 0 Å². The summed E-state index contributed by atoms with van der Waals surface area (Å²) >= 11 is 0. The molecule has 2 N–H and O–H groups in total. The molecule has 0 fully saturated rings. The Kier molecular flexibility index (Phi) is 5.02. The molecule has 0 unspecified atom stereocenters. The van der Waals surface area contributed by atoms with Gasteiger partial charge in [0.25, 0.3) is 0 Å². The maximum Gasteiger partial charge on any atom is 0.389 e. The highest BCUT2D eigenvalue weighted by molar-refractivity contribution is 5.30. The Balaban J connectivity index is 2.04. The number of nitrogens with zero attached hydrogens (tertiary/aromatic N) is 2. The van der Waals surface area contributed by atoms with Gasteiger partial charge >= 0.3 is 6.18 Å². The van der Waals surface area contributed by atoms with E-state index in [0.29, 0.717) is 22.5 Å². The molecule has 0 spiro atoms. The molecule has 23 heavy (non-hydrogen) atoms. The minimum Gasteiger partial charge on any atom is -0.363 e. The van der Waals surface area contributed by atoms with E-state index in [9.17, 15) is 18.0 Å². The molecule has 124 valence electrons. The van der Waals surface area contributed by atoms with Crippen LogP contribution in [0.15, 0.2) is 23.3 Å². The number of anilines is 1. The zero-order valence-electron chi connectivity index (χ0n) is 12.8. The van der Waals surface area contributed by atoms with Crippen LogP contribution in [0.3, 0.4) is 0 Å². The molecule has 2 aromatic rings. The van der Waals surface area contributed by atoms with E-state index < -0.39 is 12.6 Å². The molecule has 0 amide bonds. The molecule has 2 heterocycles. The van der Waals surface area contributed by atoms with Gasteiger partial charge in [0.05, 0.1) is 6.54 Å². The third-order valence-corrected chi connectivity index (χ3v) is 3.42. The van der Waals surface area contributed by atoms with Crippen LogP contribution < -0.4 is 10.7 Å². The van der Waals surface area contributed by atoms with E-state index in [1.54, 1.807) is 20.0 Å². The predicted octanol–water partition coefficient (Wildman–Crippen LogP) is 2.89. The van der Waals surface area contributed by atoms with Gasteiger partial charge in [-0.1, -0.05) is 0 Å². The van der Waals surface area contributed by atoms with Crippen molar-refractivity contribution in [2.24, 2.45) is 0 Å². The van der Waals surface area contributed by atoms with Gasteiger partial charge in [-0.3, -0.25) is 4.79 Å². The first-order valence-corrected chi connectivity index (χ1v) is 7.06. The lowest BCUT2D eigenvalue weighted by atomic mass is 10.1.